The predicted octanol–water partition coefficient (Wildman–Crippen LogP) is 2.03. The van der Waals surface area contributed by atoms with Crippen LogP contribution in [0.15, 0.2) is 21.1 Å². The Labute approximate surface area is 134 Å². The topological polar surface area (TPSA) is 64.9 Å². The van der Waals surface area contributed by atoms with Crippen LogP contribution in [0.5, 0.6) is 0 Å². The third-order valence-electron chi connectivity index (χ3n) is 2.51. The van der Waals surface area contributed by atoms with Crippen LogP contribution in [-0.2, 0) is 17.0 Å². The molecule has 6 nitrogen and oxygen atoms in total. The van der Waals surface area contributed by atoms with E-state index in [9.17, 15) is 0 Å². The number of ether oxygens (including phenoxy) is 1. The molecule has 0 unspecified atom stereocenters. The maximum absolute atomic E-state index is 4.98. The van der Waals surface area contributed by atoms with Gasteiger partial charge in [0.1, 0.15) is 0 Å². The highest BCUT2D eigenvalue weighted by Gasteiger charge is 2.09. The number of nitrogens with zero attached hydrogens (tertiary/aromatic N) is 4. The van der Waals surface area contributed by atoms with Crippen LogP contribution in [0, 0.1) is 0 Å². The zero-order chi connectivity index (χ0) is 14.2. The first-order chi connectivity index (χ1) is 9.81. The second-order valence-electron chi connectivity index (χ2n) is 3.91. The number of aromatic nitrogens is 4. The molecule has 2 aromatic rings. The fourth-order valence-electron chi connectivity index (χ4n) is 1.48. The first kappa shape index (κ1) is 15.9. The molecular formula is C11H16BrN5OS2. The van der Waals surface area contributed by atoms with Gasteiger partial charge in [0.2, 0.25) is 5.16 Å². The molecule has 0 aromatic carbocycles. The number of thioether (sulfide) groups is 1. The van der Waals surface area contributed by atoms with Crippen molar-refractivity contribution in [2.45, 2.75) is 17.5 Å². The van der Waals surface area contributed by atoms with Crippen molar-refractivity contribution in [3.05, 3.63) is 20.8 Å². The average Bonchev–Trinajstić information content (AvgIpc) is 3.05. The lowest BCUT2D eigenvalue weighted by Crippen LogP contribution is -2.24. The van der Waals surface area contributed by atoms with E-state index in [0.29, 0.717) is 6.61 Å². The molecule has 0 spiro atoms. The van der Waals surface area contributed by atoms with Crippen molar-refractivity contribution in [1.29, 1.82) is 0 Å². The van der Waals surface area contributed by atoms with Crippen LogP contribution < -0.4 is 5.32 Å². The molecule has 0 bridgehead atoms. The van der Waals surface area contributed by atoms with Gasteiger partial charge in [0.05, 0.1) is 13.2 Å². The molecule has 2 heterocycles. The third kappa shape index (κ3) is 4.81. The van der Waals surface area contributed by atoms with Crippen LogP contribution in [0.2, 0.25) is 0 Å². The number of hydrogen-bond acceptors (Lipinski definition) is 7. The van der Waals surface area contributed by atoms with E-state index in [-0.39, 0.29) is 0 Å². The summed E-state index contributed by atoms with van der Waals surface area (Å²) in [4.78, 5) is 1.29. The highest BCUT2D eigenvalue weighted by Crippen LogP contribution is 2.29. The molecule has 0 saturated heterocycles. The lowest BCUT2D eigenvalue weighted by molar-refractivity contribution is 0.199. The van der Waals surface area contributed by atoms with Gasteiger partial charge in [-0.05, 0) is 37.8 Å². The van der Waals surface area contributed by atoms with Crippen molar-refractivity contribution >= 4 is 39.0 Å². The first-order valence-electron chi connectivity index (χ1n) is 6.11. The number of nitrogens with one attached hydrogen (secondary N) is 1. The van der Waals surface area contributed by atoms with Crippen molar-refractivity contribution in [1.82, 2.24) is 25.5 Å². The molecular weight excluding hydrogens is 362 g/mol. The molecule has 2 aromatic heterocycles. The van der Waals surface area contributed by atoms with Crippen LogP contribution in [0.3, 0.4) is 0 Å². The summed E-state index contributed by atoms with van der Waals surface area (Å²) in [7, 11) is 1.69. The van der Waals surface area contributed by atoms with Crippen molar-refractivity contribution in [3.8, 4) is 0 Å². The number of rotatable bonds is 9. The monoisotopic (exact) mass is 377 g/mol. The minimum atomic E-state index is 0.712. The molecule has 0 saturated carbocycles. The Morgan fingerprint density at radius 3 is 3.15 bits per heavy atom. The quantitative estimate of drug-likeness (QED) is 0.532. The highest BCUT2D eigenvalue weighted by atomic mass is 79.9. The van der Waals surface area contributed by atoms with Gasteiger partial charge >= 0.3 is 0 Å². The Morgan fingerprint density at radius 1 is 1.50 bits per heavy atom. The molecule has 0 aliphatic rings. The minimum absolute atomic E-state index is 0.712. The van der Waals surface area contributed by atoms with Gasteiger partial charge in [-0.1, -0.05) is 11.8 Å². The Bertz CT molecular complexity index is 518. The van der Waals surface area contributed by atoms with E-state index in [1.807, 2.05) is 4.68 Å². The summed E-state index contributed by atoms with van der Waals surface area (Å²) in [5.74, 6) is 0.871. The molecule has 0 atom stereocenters. The maximum Gasteiger partial charge on any atom is 0.209 e. The SMILES string of the molecule is COCCNCCn1nnnc1SCc1sccc1Br. The molecule has 0 fully saturated rings. The molecule has 0 amide bonds. The second kappa shape index (κ2) is 8.73. The molecule has 20 heavy (non-hydrogen) atoms. The van der Waals surface area contributed by atoms with Crippen LogP contribution in [-0.4, -0.2) is 47.0 Å². The van der Waals surface area contributed by atoms with Crippen molar-refractivity contribution in [2.24, 2.45) is 0 Å². The Kier molecular flexibility index (Phi) is 6.94. The summed E-state index contributed by atoms with van der Waals surface area (Å²) in [5.41, 5.74) is 0. The molecule has 0 radical (unpaired) electrons. The summed E-state index contributed by atoms with van der Waals surface area (Å²) < 4.78 is 7.95. The molecule has 110 valence electrons. The van der Waals surface area contributed by atoms with E-state index >= 15 is 0 Å². The maximum atomic E-state index is 4.98. The van der Waals surface area contributed by atoms with Crippen molar-refractivity contribution < 1.29 is 4.74 Å². The largest absolute Gasteiger partial charge is 0.383 e. The van der Waals surface area contributed by atoms with E-state index in [2.05, 4.69) is 48.2 Å². The Morgan fingerprint density at radius 2 is 2.40 bits per heavy atom. The zero-order valence-corrected chi connectivity index (χ0v) is 14.3. The van der Waals surface area contributed by atoms with Gasteiger partial charge in [-0.2, -0.15) is 0 Å². The zero-order valence-electron chi connectivity index (χ0n) is 11.1. The average molecular weight is 378 g/mol. The Balaban J connectivity index is 1.78. The first-order valence-corrected chi connectivity index (χ1v) is 8.77. The number of thiophene rings is 1. The second-order valence-corrected chi connectivity index (χ2v) is 6.71. The van der Waals surface area contributed by atoms with E-state index < -0.39 is 0 Å². The summed E-state index contributed by atoms with van der Waals surface area (Å²) >= 11 is 6.91. The van der Waals surface area contributed by atoms with Crippen LogP contribution >= 0.6 is 39.0 Å². The van der Waals surface area contributed by atoms with E-state index in [0.717, 1.165) is 35.0 Å². The standard InChI is InChI=1S/C11H16BrN5OS2/c1-18-6-4-13-3-5-17-11(14-15-16-17)20-8-10-9(12)2-7-19-10/h2,7,13H,3-6,8H2,1H3. The lowest BCUT2D eigenvalue weighted by atomic mass is 10.5. The number of tetrazole rings is 1. The third-order valence-corrected chi connectivity index (χ3v) is 5.60. The number of methoxy groups -OCH3 is 1. The molecule has 0 aliphatic carbocycles. The summed E-state index contributed by atoms with van der Waals surface area (Å²) in [6, 6.07) is 2.06. The van der Waals surface area contributed by atoms with Gasteiger partial charge in [-0.15, -0.1) is 16.4 Å². The van der Waals surface area contributed by atoms with Gasteiger partial charge in [0.15, 0.2) is 0 Å². The number of hydrogen-bond donors (Lipinski definition) is 1. The summed E-state index contributed by atoms with van der Waals surface area (Å²) in [5, 5.41) is 18.0. The fraction of sp³-hybridized carbons (Fsp3) is 0.545. The molecule has 1 N–H and O–H groups in total. The van der Waals surface area contributed by atoms with E-state index in [1.165, 1.54) is 4.88 Å². The van der Waals surface area contributed by atoms with Crippen LogP contribution in [0.25, 0.3) is 0 Å². The van der Waals surface area contributed by atoms with Gasteiger partial charge in [-0.3, -0.25) is 0 Å². The van der Waals surface area contributed by atoms with Crippen molar-refractivity contribution in [3.63, 3.8) is 0 Å². The Hall–Kier alpha value is -0.480. The summed E-state index contributed by atoms with van der Waals surface area (Å²) in [6.45, 7) is 3.13. The smallest absolute Gasteiger partial charge is 0.209 e. The highest BCUT2D eigenvalue weighted by molar-refractivity contribution is 9.10. The van der Waals surface area contributed by atoms with E-state index in [4.69, 9.17) is 4.74 Å². The fourth-order valence-corrected chi connectivity index (χ4v) is 4.18. The van der Waals surface area contributed by atoms with E-state index in [1.54, 1.807) is 30.2 Å². The van der Waals surface area contributed by atoms with Gasteiger partial charge < -0.3 is 10.1 Å². The predicted molar refractivity (Wildman–Crippen MR) is 84.1 cm³/mol. The molecule has 2 rings (SSSR count). The van der Waals surface area contributed by atoms with Gasteiger partial charge in [0.25, 0.3) is 0 Å². The van der Waals surface area contributed by atoms with Gasteiger partial charge in [-0.25, -0.2) is 4.68 Å². The minimum Gasteiger partial charge on any atom is -0.383 e. The normalized spacial score (nSPS) is 11.1. The number of halogens is 1. The van der Waals surface area contributed by atoms with Crippen molar-refractivity contribution in [2.75, 3.05) is 26.8 Å². The summed E-state index contributed by atoms with van der Waals surface area (Å²) in [6.07, 6.45) is 0. The lowest BCUT2D eigenvalue weighted by Gasteiger charge is -2.05. The molecule has 0 aliphatic heterocycles. The van der Waals surface area contributed by atoms with Crippen LogP contribution in [0.1, 0.15) is 4.88 Å². The van der Waals surface area contributed by atoms with Gasteiger partial charge in [0, 0.05) is 35.3 Å². The molecule has 9 heteroatoms. The van der Waals surface area contributed by atoms with Crippen LogP contribution in [0.4, 0.5) is 0 Å².